The Morgan fingerprint density at radius 2 is 1.96 bits per heavy atom. The first kappa shape index (κ1) is 20.5. The molecule has 2 heterocycles. The van der Waals surface area contributed by atoms with Gasteiger partial charge in [0.1, 0.15) is 11.3 Å². The summed E-state index contributed by atoms with van der Waals surface area (Å²) in [5.74, 6) is -0.700. The monoisotopic (exact) mass is 374 g/mol. The Morgan fingerprint density at radius 1 is 1.29 bits per heavy atom. The molecule has 0 aliphatic carbocycles. The minimum Gasteiger partial charge on any atom is -0.338 e. The van der Waals surface area contributed by atoms with E-state index in [0.717, 1.165) is 6.42 Å². The van der Waals surface area contributed by atoms with Crippen molar-refractivity contribution in [1.29, 1.82) is 0 Å². The van der Waals surface area contributed by atoms with E-state index in [0.29, 0.717) is 24.1 Å². The normalized spacial score (nSPS) is 19.3. The quantitative estimate of drug-likeness (QED) is 0.832. The lowest BCUT2D eigenvalue weighted by Crippen LogP contribution is -2.54. The molecule has 1 amide bonds. The predicted octanol–water partition coefficient (Wildman–Crippen LogP) is 2.81. The summed E-state index contributed by atoms with van der Waals surface area (Å²) in [6.07, 6.45) is 3.73. The number of nitrogens with zero attached hydrogens (tertiary/aromatic N) is 3. The number of hydrogen-bond acceptors (Lipinski definition) is 4. The Balaban J connectivity index is 0.00000144. The number of carbonyl (C=O) groups excluding carboxylic acids is 1. The van der Waals surface area contributed by atoms with Gasteiger partial charge in [-0.3, -0.25) is 14.8 Å². The Morgan fingerprint density at radius 3 is 2.62 bits per heavy atom. The summed E-state index contributed by atoms with van der Waals surface area (Å²) in [7, 11) is 0. The first-order valence-corrected chi connectivity index (χ1v) is 7.33. The first-order chi connectivity index (χ1) is 10.4. The van der Waals surface area contributed by atoms with Gasteiger partial charge in [-0.1, -0.05) is 13.8 Å². The van der Waals surface area contributed by atoms with Crippen molar-refractivity contribution in [2.24, 2.45) is 11.1 Å². The molecular formula is C16H21Cl2FN4O. The number of amides is 1. The van der Waals surface area contributed by atoms with Crippen LogP contribution in [0.3, 0.4) is 0 Å². The van der Waals surface area contributed by atoms with Crippen molar-refractivity contribution in [3.63, 3.8) is 0 Å². The maximum absolute atomic E-state index is 13.8. The topological polar surface area (TPSA) is 72.1 Å². The second kappa shape index (κ2) is 7.59. The van der Waals surface area contributed by atoms with Crippen LogP contribution in [0.1, 0.15) is 30.6 Å². The number of carbonyl (C=O) groups is 1. The molecule has 8 heteroatoms. The number of fused-ring (bicyclic) bond motifs is 1. The molecule has 1 aliphatic heterocycles. The van der Waals surface area contributed by atoms with Gasteiger partial charge in [-0.05, 0) is 17.9 Å². The molecule has 0 radical (unpaired) electrons. The molecule has 1 saturated heterocycles. The van der Waals surface area contributed by atoms with Gasteiger partial charge in [-0.15, -0.1) is 24.8 Å². The lowest BCUT2D eigenvalue weighted by molar-refractivity contribution is 0.0534. The van der Waals surface area contributed by atoms with Gasteiger partial charge in [0.2, 0.25) is 0 Å². The van der Waals surface area contributed by atoms with Crippen LogP contribution in [-0.4, -0.2) is 39.9 Å². The average Bonchev–Trinajstić information content (AvgIpc) is 2.48. The molecule has 3 rings (SSSR count). The van der Waals surface area contributed by atoms with E-state index in [1.165, 1.54) is 24.5 Å². The minimum absolute atomic E-state index is 0. The third kappa shape index (κ3) is 3.77. The van der Waals surface area contributed by atoms with E-state index in [9.17, 15) is 9.18 Å². The van der Waals surface area contributed by atoms with Crippen molar-refractivity contribution in [1.82, 2.24) is 14.9 Å². The fourth-order valence-electron chi connectivity index (χ4n) is 2.92. The van der Waals surface area contributed by atoms with Gasteiger partial charge in [0.05, 0.1) is 11.1 Å². The SMILES string of the molecule is CC1(C)CN(C(=O)c2cc(F)cc3nccnc23)CCC1N.Cl.Cl. The Hall–Kier alpha value is -1.50. The molecule has 5 nitrogen and oxygen atoms in total. The largest absolute Gasteiger partial charge is 0.338 e. The highest BCUT2D eigenvalue weighted by Crippen LogP contribution is 2.29. The van der Waals surface area contributed by atoms with Gasteiger partial charge in [0, 0.05) is 37.6 Å². The highest BCUT2D eigenvalue weighted by molar-refractivity contribution is 6.04. The lowest BCUT2D eigenvalue weighted by Gasteiger charge is -2.42. The maximum Gasteiger partial charge on any atom is 0.256 e. The smallest absolute Gasteiger partial charge is 0.256 e. The van der Waals surface area contributed by atoms with Crippen LogP contribution >= 0.6 is 24.8 Å². The summed E-state index contributed by atoms with van der Waals surface area (Å²) in [4.78, 5) is 22.8. The average molecular weight is 375 g/mol. The molecule has 1 aromatic carbocycles. The fourth-order valence-corrected chi connectivity index (χ4v) is 2.92. The first-order valence-electron chi connectivity index (χ1n) is 7.33. The Kier molecular flexibility index (Phi) is 6.50. The van der Waals surface area contributed by atoms with Crippen LogP contribution in [0.2, 0.25) is 0 Å². The van der Waals surface area contributed by atoms with Gasteiger partial charge in [0.15, 0.2) is 0 Å². The van der Waals surface area contributed by atoms with Crippen LogP contribution in [0.25, 0.3) is 11.0 Å². The summed E-state index contributed by atoms with van der Waals surface area (Å²) in [5, 5.41) is 0. The van der Waals surface area contributed by atoms with E-state index in [4.69, 9.17) is 5.73 Å². The third-order valence-electron chi connectivity index (χ3n) is 4.37. The van der Waals surface area contributed by atoms with E-state index < -0.39 is 5.82 Å². The van der Waals surface area contributed by atoms with Gasteiger partial charge in [0.25, 0.3) is 5.91 Å². The molecule has 1 aromatic heterocycles. The van der Waals surface area contributed by atoms with Crippen LogP contribution in [0.4, 0.5) is 4.39 Å². The standard InChI is InChI=1S/C16H19FN4O.2ClH/c1-16(2)9-21(6-3-13(16)18)15(22)11-7-10(17)8-12-14(11)20-5-4-19-12;;/h4-5,7-8,13H,3,6,9,18H2,1-2H3;2*1H. The van der Waals surface area contributed by atoms with E-state index in [1.807, 2.05) is 13.8 Å². The van der Waals surface area contributed by atoms with E-state index in [1.54, 1.807) is 4.90 Å². The van der Waals surface area contributed by atoms with Crippen molar-refractivity contribution < 1.29 is 9.18 Å². The molecule has 1 aliphatic rings. The van der Waals surface area contributed by atoms with Crippen LogP contribution in [0.5, 0.6) is 0 Å². The minimum atomic E-state index is -0.482. The van der Waals surface area contributed by atoms with Gasteiger partial charge in [-0.2, -0.15) is 0 Å². The molecule has 1 atom stereocenters. The summed E-state index contributed by atoms with van der Waals surface area (Å²) in [5.41, 5.74) is 7.02. The number of hydrogen-bond donors (Lipinski definition) is 1. The van der Waals surface area contributed by atoms with Crippen molar-refractivity contribution in [3.8, 4) is 0 Å². The summed E-state index contributed by atoms with van der Waals surface area (Å²) < 4.78 is 13.8. The predicted molar refractivity (Wildman–Crippen MR) is 96.3 cm³/mol. The molecule has 0 bridgehead atoms. The number of rotatable bonds is 1. The Bertz CT molecular complexity index is 741. The number of likely N-dealkylation sites (tertiary alicyclic amines) is 1. The molecule has 0 saturated carbocycles. The highest BCUT2D eigenvalue weighted by atomic mass is 35.5. The number of benzene rings is 1. The maximum atomic E-state index is 13.8. The molecule has 1 fully saturated rings. The molecule has 24 heavy (non-hydrogen) atoms. The number of halogens is 3. The number of aromatic nitrogens is 2. The van der Waals surface area contributed by atoms with Crippen molar-refractivity contribution in [2.45, 2.75) is 26.3 Å². The number of piperidine rings is 1. The van der Waals surface area contributed by atoms with Crippen molar-refractivity contribution >= 4 is 41.8 Å². The summed E-state index contributed by atoms with van der Waals surface area (Å²) in [6.45, 7) is 5.20. The molecule has 2 N–H and O–H groups in total. The van der Waals surface area contributed by atoms with Crippen LogP contribution in [-0.2, 0) is 0 Å². The van der Waals surface area contributed by atoms with Gasteiger partial charge in [-0.25, -0.2) is 4.39 Å². The molecule has 132 valence electrons. The summed E-state index contributed by atoms with van der Waals surface area (Å²) in [6, 6.07) is 2.58. The molecular weight excluding hydrogens is 354 g/mol. The molecule has 0 spiro atoms. The van der Waals surface area contributed by atoms with E-state index in [-0.39, 0.29) is 47.7 Å². The second-order valence-electron chi connectivity index (χ2n) is 6.49. The third-order valence-corrected chi connectivity index (χ3v) is 4.37. The molecule has 2 aromatic rings. The highest BCUT2D eigenvalue weighted by Gasteiger charge is 2.36. The lowest BCUT2D eigenvalue weighted by atomic mass is 9.79. The van der Waals surface area contributed by atoms with Gasteiger partial charge < -0.3 is 10.6 Å². The molecule has 1 unspecified atom stereocenters. The van der Waals surface area contributed by atoms with E-state index in [2.05, 4.69) is 9.97 Å². The summed E-state index contributed by atoms with van der Waals surface area (Å²) >= 11 is 0. The van der Waals surface area contributed by atoms with Crippen LogP contribution in [0, 0.1) is 11.2 Å². The van der Waals surface area contributed by atoms with Crippen molar-refractivity contribution in [2.75, 3.05) is 13.1 Å². The zero-order chi connectivity index (χ0) is 15.9. The Labute approximate surface area is 152 Å². The fraction of sp³-hybridized carbons (Fsp3) is 0.438. The zero-order valence-electron chi connectivity index (χ0n) is 13.5. The van der Waals surface area contributed by atoms with Crippen molar-refractivity contribution in [3.05, 3.63) is 35.9 Å². The van der Waals surface area contributed by atoms with E-state index >= 15 is 0 Å². The second-order valence-corrected chi connectivity index (χ2v) is 6.49. The van der Waals surface area contributed by atoms with Crippen LogP contribution < -0.4 is 5.73 Å². The van der Waals surface area contributed by atoms with Crippen LogP contribution in [0.15, 0.2) is 24.5 Å². The zero-order valence-corrected chi connectivity index (χ0v) is 15.2. The van der Waals surface area contributed by atoms with Gasteiger partial charge >= 0.3 is 0 Å². The number of nitrogens with two attached hydrogens (primary N) is 1.